The van der Waals surface area contributed by atoms with Crippen molar-refractivity contribution in [3.63, 3.8) is 0 Å². The Hall–Kier alpha value is -1.10. The predicted molar refractivity (Wildman–Crippen MR) is 127 cm³/mol. The molecule has 0 aromatic rings. The van der Waals surface area contributed by atoms with Crippen LogP contribution in [0.5, 0.6) is 0 Å². The molecule has 5 nitrogen and oxygen atoms in total. The van der Waals surface area contributed by atoms with Crippen molar-refractivity contribution in [1.29, 1.82) is 0 Å². The lowest BCUT2D eigenvalue weighted by Gasteiger charge is -2.21. The Bertz CT molecular complexity index is 418. The smallest absolute Gasteiger partial charge is 0.335 e. The molecule has 5 heteroatoms. The fourth-order valence-corrected chi connectivity index (χ4v) is 3.73. The summed E-state index contributed by atoms with van der Waals surface area (Å²) in [5.74, 6) is -1.19. The van der Waals surface area contributed by atoms with Gasteiger partial charge in [-0.15, -0.1) is 0 Å². The van der Waals surface area contributed by atoms with Crippen molar-refractivity contribution >= 4 is 11.9 Å². The van der Waals surface area contributed by atoms with Crippen molar-refractivity contribution in [2.45, 2.75) is 155 Å². The summed E-state index contributed by atoms with van der Waals surface area (Å²) in [5, 5.41) is 10.2. The summed E-state index contributed by atoms with van der Waals surface area (Å²) in [4.78, 5) is 24.7. The van der Waals surface area contributed by atoms with E-state index in [1.54, 1.807) is 0 Å². The lowest BCUT2D eigenvalue weighted by Crippen LogP contribution is -2.31. The Morgan fingerprint density at radius 2 is 0.968 bits per heavy atom. The molecule has 0 bridgehead atoms. The number of unbranched alkanes of at least 4 members (excludes halogenated alkanes) is 8. The average Bonchev–Trinajstić information content (AvgIpc) is 2.73. The third kappa shape index (κ3) is 17.2. The number of hydrogen-bond donors (Lipinski definition) is 1. The summed E-state index contributed by atoms with van der Waals surface area (Å²) in [6, 6.07) is 0. The van der Waals surface area contributed by atoms with Crippen LogP contribution < -0.4 is 0 Å². The monoisotopic (exact) mass is 442 g/mol. The lowest BCUT2D eigenvalue weighted by atomic mass is 10.0. The van der Waals surface area contributed by atoms with Crippen molar-refractivity contribution in [3.8, 4) is 0 Å². The maximum Gasteiger partial charge on any atom is 0.335 e. The van der Waals surface area contributed by atoms with Crippen LogP contribution in [0.2, 0.25) is 0 Å². The van der Waals surface area contributed by atoms with Gasteiger partial charge in [0.2, 0.25) is 0 Å². The lowest BCUT2D eigenvalue weighted by molar-refractivity contribution is -0.166. The second kappa shape index (κ2) is 20.8. The molecule has 31 heavy (non-hydrogen) atoms. The molecule has 0 radical (unpaired) electrons. The first kappa shape index (κ1) is 29.9. The molecule has 0 aromatic heterocycles. The van der Waals surface area contributed by atoms with Crippen LogP contribution in [0.1, 0.15) is 137 Å². The topological polar surface area (TPSA) is 72.8 Å². The third-order valence-corrected chi connectivity index (χ3v) is 5.73. The van der Waals surface area contributed by atoms with E-state index in [9.17, 15) is 14.7 Å². The molecule has 1 N–H and O–H groups in total. The van der Waals surface area contributed by atoms with E-state index in [4.69, 9.17) is 9.47 Å². The first-order valence-electron chi connectivity index (χ1n) is 13.1. The number of ether oxygens (including phenoxy) is 2. The minimum absolute atomic E-state index is 0.121. The summed E-state index contributed by atoms with van der Waals surface area (Å²) in [6.07, 6.45) is 14.3. The standard InChI is InChI=1S/C26H50O5/c1-5-9-13-17-22(18-14-10-6-2)30-25(28)21-24(27)26(29)31-23(19-15-11-7-3)20-16-12-8-4/h22-24,27H,5-21H2,1-4H3. The number of carbonyl (C=O) groups excluding carboxylic acids is 2. The van der Waals surface area contributed by atoms with E-state index in [0.29, 0.717) is 0 Å². The van der Waals surface area contributed by atoms with Crippen molar-refractivity contribution in [2.75, 3.05) is 0 Å². The molecule has 0 spiro atoms. The van der Waals surface area contributed by atoms with E-state index in [0.717, 1.165) is 103 Å². The van der Waals surface area contributed by atoms with Crippen LogP contribution in [-0.4, -0.2) is 35.4 Å². The van der Waals surface area contributed by atoms with Crippen LogP contribution in [0.4, 0.5) is 0 Å². The van der Waals surface area contributed by atoms with Gasteiger partial charge in [-0.1, -0.05) is 79.1 Å². The van der Waals surface area contributed by atoms with E-state index < -0.39 is 18.0 Å². The second-order valence-corrected chi connectivity index (χ2v) is 8.87. The molecule has 0 aromatic carbocycles. The summed E-state index contributed by atoms with van der Waals surface area (Å²) in [5.41, 5.74) is 0. The van der Waals surface area contributed by atoms with E-state index in [1.807, 2.05) is 0 Å². The third-order valence-electron chi connectivity index (χ3n) is 5.73. The largest absolute Gasteiger partial charge is 0.462 e. The van der Waals surface area contributed by atoms with Crippen LogP contribution in [0, 0.1) is 0 Å². The van der Waals surface area contributed by atoms with Crippen molar-refractivity contribution in [1.82, 2.24) is 0 Å². The van der Waals surface area contributed by atoms with Gasteiger partial charge in [-0.25, -0.2) is 4.79 Å². The molecule has 1 atom stereocenters. The van der Waals surface area contributed by atoms with Gasteiger partial charge in [-0.3, -0.25) is 4.79 Å². The number of carbonyl (C=O) groups is 2. The molecule has 0 amide bonds. The van der Waals surface area contributed by atoms with E-state index in [1.165, 1.54) is 0 Å². The van der Waals surface area contributed by atoms with Crippen molar-refractivity contribution in [3.05, 3.63) is 0 Å². The first-order valence-corrected chi connectivity index (χ1v) is 13.1. The maximum atomic E-state index is 12.4. The Kier molecular flexibility index (Phi) is 20.0. The van der Waals surface area contributed by atoms with Crippen LogP contribution in [0.25, 0.3) is 0 Å². The Balaban J connectivity index is 4.57. The Morgan fingerprint density at radius 3 is 1.32 bits per heavy atom. The zero-order chi connectivity index (χ0) is 23.3. The van der Waals surface area contributed by atoms with Gasteiger partial charge in [0.15, 0.2) is 6.10 Å². The molecule has 184 valence electrons. The van der Waals surface area contributed by atoms with Gasteiger partial charge < -0.3 is 14.6 Å². The molecule has 0 heterocycles. The highest BCUT2D eigenvalue weighted by Gasteiger charge is 2.26. The van der Waals surface area contributed by atoms with Crippen molar-refractivity contribution in [2.24, 2.45) is 0 Å². The molecule has 1 unspecified atom stereocenters. The van der Waals surface area contributed by atoms with Gasteiger partial charge in [0, 0.05) is 0 Å². The Morgan fingerprint density at radius 1 is 0.613 bits per heavy atom. The zero-order valence-electron chi connectivity index (χ0n) is 20.8. The minimum Gasteiger partial charge on any atom is -0.462 e. The average molecular weight is 443 g/mol. The second-order valence-electron chi connectivity index (χ2n) is 8.87. The highest BCUT2D eigenvalue weighted by Crippen LogP contribution is 2.18. The molecule has 0 saturated carbocycles. The zero-order valence-corrected chi connectivity index (χ0v) is 20.8. The number of hydrogen-bond acceptors (Lipinski definition) is 5. The molecule has 0 aliphatic rings. The summed E-state index contributed by atoms with van der Waals surface area (Å²) < 4.78 is 11.2. The molecular formula is C26H50O5. The summed E-state index contributed by atoms with van der Waals surface area (Å²) >= 11 is 0. The van der Waals surface area contributed by atoms with Gasteiger partial charge in [-0.05, 0) is 51.4 Å². The normalized spacial score (nSPS) is 12.4. The van der Waals surface area contributed by atoms with E-state index in [-0.39, 0.29) is 18.6 Å². The van der Waals surface area contributed by atoms with Crippen LogP contribution in [0.15, 0.2) is 0 Å². The number of aliphatic hydroxyl groups excluding tert-OH is 1. The quantitative estimate of drug-likeness (QED) is 0.155. The van der Waals surface area contributed by atoms with Crippen LogP contribution >= 0.6 is 0 Å². The molecule has 0 aliphatic carbocycles. The number of aliphatic hydroxyl groups is 1. The summed E-state index contributed by atoms with van der Waals surface area (Å²) in [6.45, 7) is 8.59. The SMILES string of the molecule is CCCCCC(CCCCC)OC(=O)CC(O)C(=O)OC(CCCCC)CCCCC. The highest BCUT2D eigenvalue weighted by molar-refractivity contribution is 5.81. The van der Waals surface area contributed by atoms with Gasteiger partial charge in [0.05, 0.1) is 6.42 Å². The van der Waals surface area contributed by atoms with Gasteiger partial charge in [0.25, 0.3) is 0 Å². The molecular weight excluding hydrogens is 392 g/mol. The number of rotatable bonds is 21. The highest BCUT2D eigenvalue weighted by atomic mass is 16.6. The van der Waals surface area contributed by atoms with Gasteiger partial charge in [-0.2, -0.15) is 0 Å². The molecule has 0 rings (SSSR count). The van der Waals surface area contributed by atoms with E-state index >= 15 is 0 Å². The van der Waals surface area contributed by atoms with E-state index in [2.05, 4.69) is 27.7 Å². The van der Waals surface area contributed by atoms with Gasteiger partial charge >= 0.3 is 11.9 Å². The first-order chi connectivity index (χ1) is 15.0. The van der Waals surface area contributed by atoms with Crippen molar-refractivity contribution < 1.29 is 24.2 Å². The Labute approximate surface area is 191 Å². The predicted octanol–water partition coefficient (Wildman–Crippen LogP) is 6.88. The molecule has 0 saturated heterocycles. The number of esters is 2. The fraction of sp³-hybridized carbons (Fsp3) is 0.923. The fourth-order valence-electron chi connectivity index (χ4n) is 3.73. The van der Waals surface area contributed by atoms with Gasteiger partial charge in [0.1, 0.15) is 12.2 Å². The molecule has 0 aliphatic heterocycles. The molecule has 0 fully saturated rings. The van der Waals surface area contributed by atoms with Crippen LogP contribution in [0.3, 0.4) is 0 Å². The van der Waals surface area contributed by atoms with Crippen LogP contribution in [-0.2, 0) is 19.1 Å². The summed E-state index contributed by atoms with van der Waals surface area (Å²) in [7, 11) is 0. The maximum absolute atomic E-state index is 12.4. The minimum atomic E-state index is -1.45.